The van der Waals surface area contributed by atoms with Crippen LogP contribution < -0.4 is 5.32 Å². The Morgan fingerprint density at radius 3 is 2.69 bits per heavy atom. The van der Waals surface area contributed by atoms with Crippen LogP contribution in [0.1, 0.15) is 39.0 Å². The number of rotatable bonds is 6. The minimum absolute atomic E-state index is 0.0362. The Balaban J connectivity index is 2.36. The molecule has 0 spiro atoms. The summed E-state index contributed by atoms with van der Waals surface area (Å²) in [7, 11) is 0. The van der Waals surface area contributed by atoms with Crippen molar-refractivity contribution in [3.05, 3.63) is 0 Å². The second-order valence-corrected chi connectivity index (χ2v) is 5.61. The van der Waals surface area contributed by atoms with Crippen molar-refractivity contribution < 1.29 is 13.2 Å². The second-order valence-electron chi connectivity index (χ2n) is 4.27. The van der Waals surface area contributed by atoms with Gasteiger partial charge in [-0.15, -0.1) is 0 Å². The van der Waals surface area contributed by atoms with Crippen molar-refractivity contribution in [3.63, 3.8) is 0 Å². The van der Waals surface area contributed by atoms with Gasteiger partial charge in [0, 0.05) is 17.7 Å². The number of hydrogen-bond acceptors (Lipinski definition) is 2. The Morgan fingerprint density at radius 1 is 1.44 bits per heavy atom. The van der Waals surface area contributed by atoms with E-state index in [1.807, 2.05) is 18.7 Å². The van der Waals surface area contributed by atoms with Crippen LogP contribution in [0.25, 0.3) is 0 Å². The lowest BCUT2D eigenvalue weighted by molar-refractivity contribution is -0.136. The van der Waals surface area contributed by atoms with Crippen molar-refractivity contribution in [2.75, 3.05) is 12.3 Å². The molecule has 1 fully saturated rings. The monoisotopic (exact) mass is 255 g/mol. The van der Waals surface area contributed by atoms with Crippen molar-refractivity contribution in [1.82, 2.24) is 5.32 Å². The molecule has 5 heteroatoms. The first-order valence-corrected chi connectivity index (χ1v) is 6.99. The van der Waals surface area contributed by atoms with E-state index in [1.54, 1.807) is 0 Å². The highest BCUT2D eigenvalue weighted by molar-refractivity contribution is 8.00. The lowest BCUT2D eigenvalue weighted by Crippen LogP contribution is -2.38. The maximum Gasteiger partial charge on any atom is 0.389 e. The molecule has 0 aromatic carbocycles. The van der Waals surface area contributed by atoms with Crippen LogP contribution >= 0.6 is 11.8 Å². The Labute approximate surface area is 99.6 Å². The van der Waals surface area contributed by atoms with E-state index in [2.05, 4.69) is 5.32 Å². The fourth-order valence-electron chi connectivity index (χ4n) is 1.99. The third kappa shape index (κ3) is 5.43. The maximum absolute atomic E-state index is 12.2. The SMILES string of the molecule is CCCNC(CCC(F)(F)F)C1CCCS1. The molecule has 1 aliphatic heterocycles. The van der Waals surface area contributed by atoms with Crippen molar-refractivity contribution in [1.29, 1.82) is 0 Å². The van der Waals surface area contributed by atoms with E-state index in [0.29, 0.717) is 5.25 Å². The average Bonchev–Trinajstić information content (AvgIpc) is 2.69. The highest BCUT2D eigenvalue weighted by Crippen LogP contribution is 2.32. The number of nitrogens with one attached hydrogen (secondary N) is 1. The Hall–Kier alpha value is 0.100. The summed E-state index contributed by atoms with van der Waals surface area (Å²) < 4.78 is 36.6. The summed E-state index contributed by atoms with van der Waals surface area (Å²) in [6.07, 6.45) is -1.28. The molecule has 2 unspecified atom stereocenters. The fraction of sp³-hybridized carbons (Fsp3) is 1.00. The summed E-state index contributed by atoms with van der Waals surface area (Å²) in [6.45, 7) is 2.86. The van der Waals surface area contributed by atoms with Crippen molar-refractivity contribution in [2.45, 2.75) is 56.5 Å². The molecule has 0 amide bonds. The van der Waals surface area contributed by atoms with Crippen LogP contribution in [0.4, 0.5) is 13.2 Å². The number of hydrogen-bond donors (Lipinski definition) is 1. The fourth-order valence-corrected chi connectivity index (χ4v) is 3.42. The second kappa shape index (κ2) is 6.74. The van der Waals surface area contributed by atoms with Gasteiger partial charge >= 0.3 is 6.18 Å². The van der Waals surface area contributed by atoms with E-state index in [-0.39, 0.29) is 12.5 Å². The molecule has 1 rings (SSSR count). The molecule has 1 saturated heterocycles. The number of halogens is 3. The topological polar surface area (TPSA) is 12.0 Å². The van der Waals surface area contributed by atoms with Crippen molar-refractivity contribution >= 4 is 11.8 Å². The van der Waals surface area contributed by atoms with Gasteiger partial charge < -0.3 is 5.32 Å². The molecule has 0 radical (unpaired) electrons. The van der Waals surface area contributed by atoms with Crippen LogP contribution in [0, 0.1) is 0 Å². The van der Waals surface area contributed by atoms with E-state index in [9.17, 15) is 13.2 Å². The molecule has 0 bridgehead atoms. The summed E-state index contributed by atoms with van der Waals surface area (Å²) >= 11 is 1.82. The predicted molar refractivity (Wildman–Crippen MR) is 62.9 cm³/mol. The van der Waals surface area contributed by atoms with Gasteiger partial charge in [-0.25, -0.2) is 0 Å². The molecule has 1 aliphatic rings. The molecule has 0 saturated carbocycles. The van der Waals surface area contributed by atoms with Gasteiger partial charge in [-0.3, -0.25) is 0 Å². The zero-order valence-electron chi connectivity index (χ0n) is 9.65. The van der Waals surface area contributed by atoms with Gasteiger partial charge in [0.2, 0.25) is 0 Å². The smallest absolute Gasteiger partial charge is 0.313 e. The predicted octanol–water partition coefficient (Wildman–Crippen LogP) is 3.59. The maximum atomic E-state index is 12.2. The first kappa shape index (κ1) is 14.2. The van der Waals surface area contributed by atoms with Crippen LogP contribution in [-0.4, -0.2) is 29.8 Å². The van der Waals surface area contributed by atoms with E-state index < -0.39 is 12.6 Å². The molecule has 1 N–H and O–H groups in total. The first-order chi connectivity index (χ1) is 7.53. The third-order valence-electron chi connectivity index (χ3n) is 2.81. The molecule has 0 aromatic rings. The first-order valence-electron chi connectivity index (χ1n) is 5.94. The van der Waals surface area contributed by atoms with Crippen molar-refractivity contribution in [2.24, 2.45) is 0 Å². The van der Waals surface area contributed by atoms with E-state index in [1.165, 1.54) is 0 Å². The van der Waals surface area contributed by atoms with Gasteiger partial charge in [0.15, 0.2) is 0 Å². The Morgan fingerprint density at radius 2 is 2.19 bits per heavy atom. The Bertz CT molecular complexity index is 190. The Kier molecular flexibility index (Phi) is 5.97. The van der Waals surface area contributed by atoms with Crippen LogP contribution in [0.2, 0.25) is 0 Å². The van der Waals surface area contributed by atoms with Crippen LogP contribution in [0.15, 0.2) is 0 Å². The molecule has 1 nitrogen and oxygen atoms in total. The lowest BCUT2D eigenvalue weighted by Gasteiger charge is -2.24. The molecule has 2 atom stereocenters. The van der Waals surface area contributed by atoms with E-state index in [4.69, 9.17) is 0 Å². The number of thioether (sulfide) groups is 1. The molecular weight excluding hydrogens is 235 g/mol. The molecule has 0 aromatic heterocycles. The van der Waals surface area contributed by atoms with Crippen LogP contribution in [0.3, 0.4) is 0 Å². The normalized spacial score (nSPS) is 23.6. The minimum Gasteiger partial charge on any atom is -0.313 e. The quantitative estimate of drug-likeness (QED) is 0.778. The summed E-state index contributed by atoms with van der Waals surface area (Å²) in [5.74, 6) is 1.10. The van der Waals surface area contributed by atoms with Crippen molar-refractivity contribution in [3.8, 4) is 0 Å². The van der Waals surface area contributed by atoms with E-state index >= 15 is 0 Å². The highest BCUT2D eigenvalue weighted by atomic mass is 32.2. The summed E-state index contributed by atoms with van der Waals surface area (Å²) in [5.41, 5.74) is 0. The summed E-state index contributed by atoms with van der Waals surface area (Å²) in [5, 5.41) is 3.65. The zero-order valence-corrected chi connectivity index (χ0v) is 10.5. The average molecular weight is 255 g/mol. The largest absolute Gasteiger partial charge is 0.389 e. The van der Waals surface area contributed by atoms with Gasteiger partial charge in [-0.1, -0.05) is 6.92 Å². The summed E-state index contributed by atoms with van der Waals surface area (Å²) in [6, 6.07) is 0.0362. The number of alkyl halides is 3. The third-order valence-corrected chi connectivity index (χ3v) is 4.33. The zero-order chi connectivity index (χ0) is 12.0. The van der Waals surface area contributed by atoms with Crippen LogP contribution in [0.5, 0.6) is 0 Å². The van der Waals surface area contributed by atoms with E-state index in [0.717, 1.165) is 31.6 Å². The van der Waals surface area contributed by atoms with Gasteiger partial charge in [0.25, 0.3) is 0 Å². The minimum atomic E-state index is -4.02. The standard InChI is InChI=1S/C11H20F3NS/c1-2-7-15-9(5-6-11(12,13)14)10-4-3-8-16-10/h9-10,15H,2-8H2,1H3. The van der Waals surface area contributed by atoms with Gasteiger partial charge in [0.05, 0.1) is 0 Å². The van der Waals surface area contributed by atoms with Crippen LogP contribution in [-0.2, 0) is 0 Å². The molecule has 0 aliphatic carbocycles. The lowest BCUT2D eigenvalue weighted by atomic mass is 10.0. The summed E-state index contributed by atoms with van der Waals surface area (Å²) in [4.78, 5) is 0. The van der Waals surface area contributed by atoms with Gasteiger partial charge in [-0.2, -0.15) is 24.9 Å². The van der Waals surface area contributed by atoms with Gasteiger partial charge in [0.1, 0.15) is 0 Å². The van der Waals surface area contributed by atoms with Gasteiger partial charge in [-0.05, 0) is 38.0 Å². The molecule has 16 heavy (non-hydrogen) atoms. The molecule has 1 heterocycles. The molecular formula is C11H20F3NS. The highest BCUT2D eigenvalue weighted by Gasteiger charge is 2.31. The molecule has 96 valence electrons.